The topological polar surface area (TPSA) is 120 Å². The number of hydrogen-bond acceptors (Lipinski definition) is 8. The van der Waals surface area contributed by atoms with Crippen LogP contribution in [0.5, 0.6) is 5.75 Å². The van der Waals surface area contributed by atoms with E-state index in [2.05, 4.69) is 38.2 Å². The first-order valence-corrected chi connectivity index (χ1v) is 11.8. The fraction of sp³-hybridized carbons (Fsp3) is 0.385. The number of nitrogens with one attached hydrogen (secondary N) is 1. The molecular weight excluding hydrogens is 442 g/mol. The molecule has 1 aliphatic rings. The Balaban J connectivity index is 1.47. The second-order valence-electron chi connectivity index (χ2n) is 9.06. The van der Waals surface area contributed by atoms with Gasteiger partial charge >= 0.3 is 0 Å². The van der Waals surface area contributed by atoms with Gasteiger partial charge in [0.25, 0.3) is 5.91 Å². The molecule has 1 saturated heterocycles. The maximum atomic E-state index is 12.9. The molecule has 2 aromatic carbocycles. The number of ether oxygens (including phenoxy) is 1. The van der Waals surface area contributed by atoms with Crippen LogP contribution < -0.4 is 20.7 Å². The second-order valence-corrected chi connectivity index (χ2v) is 9.06. The van der Waals surface area contributed by atoms with Gasteiger partial charge in [-0.1, -0.05) is 12.1 Å². The van der Waals surface area contributed by atoms with E-state index in [4.69, 9.17) is 10.5 Å². The molecule has 4 rings (SSSR count). The predicted octanol–water partition coefficient (Wildman–Crippen LogP) is 2.79. The summed E-state index contributed by atoms with van der Waals surface area (Å²) in [4.78, 5) is 26.2. The zero-order chi connectivity index (χ0) is 24.9. The molecule has 35 heavy (non-hydrogen) atoms. The van der Waals surface area contributed by atoms with Crippen molar-refractivity contribution in [1.82, 2.24) is 20.2 Å². The molecule has 1 aromatic heterocycles. The summed E-state index contributed by atoms with van der Waals surface area (Å²) in [5, 5.41) is 13.4. The normalized spacial score (nSPS) is 15.1. The molecule has 0 radical (unpaired) electrons. The van der Waals surface area contributed by atoms with Gasteiger partial charge in [-0.15, -0.1) is 0 Å². The molecule has 9 nitrogen and oxygen atoms in total. The van der Waals surface area contributed by atoms with Crippen molar-refractivity contribution in [1.29, 1.82) is 5.26 Å². The minimum absolute atomic E-state index is 0.0760. The number of nitrogens with two attached hydrogens (primary N) is 1. The third-order valence-corrected chi connectivity index (χ3v) is 6.04. The standard InChI is InChI=1S/C26H31N7O2/c1-17(2)35-21-7-4-18(5-8-21)20(15-27)16-29-25(34)19-6-9-22-23(14-19)30-26(28)31-24(22)33-12-10-32(3)11-13-33/h4-9,14,17,20H,10-13,16H2,1-3H3,(H,29,34)(H2,28,30,31). The number of rotatable bonds is 7. The van der Waals surface area contributed by atoms with Gasteiger partial charge in [-0.05, 0) is 56.8 Å². The first-order chi connectivity index (χ1) is 16.8. The SMILES string of the molecule is CC(C)Oc1ccc(C(C#N)CNC(=O)c2ccc3c(N4CCN(C)CC4)nc(N)nc3c2)cc1. The Morgan fingerprint density at radius 2 is 1.86 bits per heavy atom. The number of likely N-dealkylation sites (N-methyl/N-ethyl adjacent to an activating group) is 1. The summed E-state index contributed by atoms with van der Waals surface area (Å²) < 4.78 is 5.66. The van der Waals surface area contributed by atoms with Crippen LogP contribution >= 0.6 is 0 Å². The Morgan fingerprint density at radius 1 is 1.14 bits per heavy atom. The van der Waals surface area contributed by atoms with E-state index >= 15 is 0 Å². The van der Waals surface area contributed by atoms with Crippen LogP contribution in [0.3, 0.4) is 0 Å². The van der Waals surface area contributed by atoms with Gasteiger partial charge in [-0.25, -0.2) is 4.98 Å². The van der Waals surface area contributed by atoms with E-state index in [-0.39, 0.29) is 24.5 Å². The van der Waals surface area contributed by atoms with Crippen molar-refractivity contribution in [2.75, 3.05) is 50.4 Å². The summed E-state index contributed by atoms with van der Waals surface area (Å²) in [7, 11) is 2.10. The molecule has 182 valence electrons. The molecule has 1 fully saturated rings. The van der Waals surface area contributed by atoms with Crippen LogP contribution in [0, 0.1) is 11.3 Å². The number of nitrogen functional groups attached to an aromatic ring is 1. The molecule has 9 heteroatoms. The minimum Gasteiger partial charge on any atom is -0.491 e. The molecule has 1 aliphatic heterocycles. The average Bonchev–Trinajstić information content (AvgIpc) is 2.84. The maximum absolute atomic E-state index is 12.9. The number of fused-ring (bicyclic) bond motifs is 1. The van der Waals surface area contributed by atoms with E-state index in [9.17, 15) is 10.1 Å². The van der Waals surface area contributed by atoms with E-state index < -0.39 is 5.92 Å². The largest absolute Gasteiger partial charge is 0.491 e. The highest BCUT2D eigenvalue weighted by atomic mass is 16.5. The lowest BCUT2D eigenvalue weighted by atomic mass is 10.0. The Kier molecular flexibility index (Phi) is 7.32. The molecule has 1 amide bonds. The van der Waals surface area contributed by atoms with Crippen molar-refractivity contribution in [2.45, 2.75) is 25.9 Å². The number of benzene rings is 2. The van der Waals surface area contributed by atoms with Gasteiger partial charge in [-0.2, -0.15) is 10.2 Å². The molecule has 0 bridgehead atoms. The number of nitrogens with zero attached hydrogens (tertiary/aromatic N) is 5. The van der Waals surface area contributed by atoms with Gasteiger partial charge in [0.15, 0.2) is 0 Å². The first kappa shape index (κ1) is 24.2. The number of carbonyl (C=O) groups is 1. The highest BCUT2D eigenvalue weighted by Crippen LogP contribution is 2.27. The zero-order valence-electron chi connectivity index (χ0n) is 20.4. The summed E-state index contributed by atoms with van der Waals surface area (Å²) >= 11 is 0. The van der Waals surface area contributed by atoms with E-state index in [0.29, 0.717) is 11.1 Å². The van der Waals surface area contributed by atoms with E-state index in [1.54, 1.807) is 12.1 Å². The van der Waals surface area contributed by atoms with Crippen LogP contribution in [0.4, 0.5) is 11.8 Å². The van der Waals surface area contributed by atoms with Crippen molar-refractivity contribution >= 4 is 28.6 Å². The molecule has 3 N–H and O–H groups in total. The van der Waals surface area contributed by atoms with Crippen LogP contribution in [0.15, 0.2) is 42.5 Å². The molecule has 3 aromatic rings. The lowest BCUT2D eigenvalue weighted by Crippen LogP contribution is -2.45. The predicted molar refractivity (Wildman–Crippen MR) is 137 cm³/mol. The van der Waals surface area contributed by atoms with Crippen molar-refractivity contribution < 1.29 is 9.53 Å². The Labute approximate surface area is 205 Å². The highest BCUT2D eigenvalue weighted by Gasteiger charge is 2.20. The van der Waals surface area contributed by atoms with E-state index in [0.717, 1.165) is 48.7 Å². The second kappa shape index (κ2) is 10.6. The Morgan fingerprint density at radius 3 is 2.51 bits per heavy atom. The third kappa shape index (κ3) is 5.78. The lowest BCUT2D eigenvalue weighted by molar-refractivity contribution is 0.0953. The fourth-order valence-electron chi connectivity index (χ4n) is 4.12. The fourth-order valence-corrected chi connectivity index (χ4v) is 4.12. The van der Waals surface area contributed by atoms with Gasteiger partial charge in [0, 0.05) is 43.7 Å². The van der Waals surface area contributed by atoms with Crippen LogP contribution in [0.25, 0.3) is 10.9 Å². The summed E-state index contributed by atoms with van der Waals surface area (Å²) in [5.74, 6) is 0.970. The van der Waals surface area contributed by atoms with Crippen LogP contribution in [-0.4, -0.2) is 66.7 Å². The molecule has 1 unspecified atom stereocenters. The molecule has 0 aliphatic carbocycles. The average molecular weight is 474 g/mol. The van der Waals surface area contributed by atoms with Gasteiger partial charge in [0.2, 0.25) is 5.95 Å². The Bertz CT molecular complexity index is 1230. The molecule has 0 saturated carbocycles. The summed E-state index contributed by atoms with van der Waals surface area (Å²) in [6.07, 6.45) is 0.0760. The third-order valence-electron chi connectivity index (χ3n) is 6.04. The highest BCUT2D eigenvalue weighted by molar-refractivity contribution is 6.00. The smallest absolute Gasteiger partial charge is 0.251 e. The van der Waals surface area contributed by atoms with Crippen molar-refractivity contribution in [2.24, 2.45) is 0 Å². The summed E-state index contributed by atoms with van der Waals surface area (Å²) in [5.41, 5.74) is 7.89. The number of hydrogen-bond donors (Lipinski definition) is 2. The number of carbonyl (C=O) groups excluding carboxylic acids is 1. The van der Waals surface area contributed by atoms with Crippen LogP contribution in [0.2, 0.25) is 0 Å². The summed E-state index contributed by atoms with van der Waals surface area (Å²) in [6, 6.07) is 15.0. The number of anilines is 2. The van der Waals surface area contributed by atoms with Gasteiger partial charge in [0.05, 0.1) is 23.6 Å². The number of amides is 1. The maximum Gasteiger partial charge on any atom is 0.251 e. The molecular formula is C26H31N7O2. The van der Waals surface area contributed by atoms with Gasteiger partial charge in [-0.3, -0.25) is 4.79 Å². The monoisotopic (exact) mass is 473 g/mol. The van der Waals surface area contributed by atoms with Crippen molar-refractivity contribution in [3.05, 3.63) is 53.6 Å². The van der Waals surface area contributed by atoms with Crippen molar-refractivity contribution in [3.63, 3.8) is 0 Å². The van der Waals surface area contributed by atoms with Gasteiger partial charge < -0.3 is 25.6 Å². The number of piperazine rings is 1. The number of nitriles is 1. The molecule has 1 atom stereocenters. The minimum atomic E-state index is -0.477. The number of aromatic nitrogens is 2. The van der Waals surface area contributed by atoms with E-state index in [1.807, 2.05) is 44.2 Å². The molecule has 2 heterocycles. The first-order valence-electron chi connectivity index (χ1n) is 11.8. The van der Waals surface area contributed by atoms with Crippen LogP contribution in [-0.2, 0) is 0 Å². The lowest BCUT2D eigenvalue weighted by Gasteiger charge is -2.33. The quantitative estimate of drug-likeness (QED) is 0.537. The Hall–Kier alpha value is -3.90. The van der Waals surface area contributed by atoms with Crippen molar-refractivity contribution in [3.8, 4) is 11.8 Å². The van der Waals surface area contributed by atoms with E-state index in [1.165, 1.54) is 0 Å². The molecule has 0 spiro atoms. The summed E-state index contributed by atoms with van der Waals surface area (Å²) in [6.45, 7) is 7.70. The van der Waals surface area contributed by atoms with Crippen LogP contribution in [0.1, 0.15) is 35.7 Å². The zero-order valence-corrected chi connectivity index (χ0v) is 20.4. The van der Waals surface area contributed by atoms with Gasteiger partial charge in [0.1, 0.15) is 11.6 Å².